The van der Waals surface area contributed by atoms with Gasteiger partial charge in [0.25, 0.3) is 0 Å². The van der Waals surface area contributed by atoms with Crippen LogP contribution in [0, 0.1) is 0 Å². The molecular weight excluding hydrogens is 385 g/mol. The van der Waals surface area contributed by atoms with Gasteiger partial charge in [-0.25, -0.2) is 0 Å². The molecule has 0 atom stereocenters. The fourth-order valence-electron chi connectivity index (χ4n) is 4.87. The second-order valence-electron chi connectivity index (χ2n) is 8.20. The van der Waals surface area contributed by atoms with Crippen molar-refractivity contribution in [2.75, 3.05) is 4.81 Å². The van der Waals surface area contributed by atoms with Crippen LogP contribution in [0.1, 0.15) is 0 Å². The first-order valence-corrected chi connectivity index (χ1v) is 11.1. The Kier molecular flexibility index (Phi) is 4.62. The first kappa shape index (κ1) is 18.7. The molecular formula is C30H22BN. The van der Waals surface area contributed by atoms with Crippen molar-refractivity contribution in [1.82, 2.24) is 0 Å². The number of para-hydroxylation sites is 1. The van der Waals surface area contributed by atoms with Crippen LogP contribution in [0.15, 0.2) is 133 Å². The van der Waals surface area contributed by atoms with Crippen LogP contribution in [0.4, 0.5) is 11.4 Å². The summed E-state index contributed by atoms with van der Waals surface area (Å²) in [6.07, 6.45) is 0. The van der Waals surface area contributed by atoms with Gasteiger partial charge in [0.1, 0.15) is 0 Å². The highest BCUT2D eigenvalue weighted by Crippen LogP contribution is 2.41. The highest BCUT2D eigenvalue weighted by molar-refractivity contribution is 6.90. The number of hydrogen-bond acceptors (Lipinski definition) is 1. The molecule has 0 bridgehead atoms. The van der Waals surface area contributed by atoms with Crippen molar-refractivity contribution < 1.29 is 0 Å². The summed E-state index contributed by atoms with van der Waals surface area (Å²) in [5, 5.41) is 0. The Bertz CT molecular complexity index is 1360. The Morgan fingerprint density at radius 2 is 1.09 bits per heavy atom. The number of benzene rings is 5. The predicted octanol–water partition coefficient (Wildman–Crippen LogP) is 6.28. The Hall–Kier alpha value is -4.04. The lowest BCUT2D eigenvalue weighted by Crippen LogP contribution is -2.57. The van der Waals surface area contributed by atoms with Crippen molar-refractivity contribution in [3.63, 3.8) is 0 Å². The number of nitrogens with zero attached hydrogens (tertiary/aromatic N) is 1. The summed E-state index contributed by atoms with van der Waals surface area (Å²) in [7, 11) is 0. The molecule has 1 aliphatic heterocycles. The second kappa shape index (κ2) is 7.90. The minimum Gasteiger partial charge on any atom is -0.376 e. The molecule has 2 heteroatoms. The molecule has 0 N–H and O–H groups in total. The maximum atomic E-state index is 2.50. The monoisotopic (exact) mass is 407 g/mol. The van der Waals surface area contributed by atoms with Crippen LogP contribution in [-0.2, 0) is 0 Å². The van der Waals surface area contributed by atoms with Gasteiger partial charge in [-0.15, -0.1) is 0 Å². The van der Waals surface area contributed by atoms with E-state index in [1.807, 2.05) is 0 Å². The Labute approximate surface area is 189 Å². The molecule has 32 heavy (non-hydrogen) atoms. The lowest BCUT2D eigenvalue weighted by molar-refractivity contribution is 1.36. The fraction of sp³-hybridized carbons (Fsp3) is 0. The SMILES string of the molecule is c1ccc(B2c3ccccc3-c3ccc(-c4ccccc4)cc3N2c2ccccc2)cc1. The van der Waals surface area contributed by atoms with E-state index in [0.717, 1.165) is 0 Å². The van der Waals surface area contributed by atoms with E-state index in [2.05, 4.69) is 138 Å². The summed E-state index contributed by atoms with van der Waals surface area (Å²) in [6.45, 7) is 0.105. The van der Waals surface area contributed by atoms with Crippen LogP contribution in [0.5, 0.6) is 0 Å². The summed E-state index contributed by atoms with van der Waals surface area (Å²) in [5.74, 6) is 0. The van der Waals surface area contributed by atoms with Gasteiger partial charge < -0.3 is 4.81 Å². The van der Waals surface area contributed by atoms with Gasteiger partial charge in [0.05, 0.1) is 0 Å². The zero-order chi connectivity index (χ0) is 21.3. The first-order valence-electron chi connectivity index (χ1n) is 11.1. The van der Waals surface area contributed by atoms with Crippen LogP contribution in [0.3, 0.4) is 0 Å². The molecule has 0 unspecified atom stereocenters. The molecule has 150 valence electrons. The maximum absolute atomic E-state index is 2.50. The van der Waals surface area contributed by atoms with Crippen molar-refractivity contribution in [1.29, 1.82) is 0 Å². The molecule has 1 nitrogen and oxygen atoms in total. The highest BCUT2D eigenvalue weighted by atomic mass is 15.1. The van der Waals surface area contributed by atoms with Gasteiger partial charge in [-0.3, -0.25) is 0 Å². The zero-order valence-electron chi connectivity index (χ0n) is 17.7. The molecule has 0 saturated heterocycles. The van der Waals surface area contributed by atoms with Crippen molar-refractivity contribution in [2.45, 2.75) is 0 Å². The van der Waals surface area contributed by atoms with Crippen molar-refractivity contribution in [3.05, 3.63) is 133 Å². The molecule has 1 aliphatic rings. The van der Waals surface area contributed by atoms with Crippen molar-refractivity contribution >= 4 is 29.1 Å². The van der Waals surface area contributed by atoms with Gasteiger partial charge in [0, 0.05) is 16.9 Å². The van der Waals surface area contributed by atoms with E-state index in [0.29, 0.717) is 0 Å². The van der Waals surface area contributed by atoms with Gasteiger partial charge in [0.2, 0.25) is 0 Å². The number of hydrogen-bond donors (Lipinski definition) is 0. The zero-order valence-corrected chi connectivity index (χ0v) is 17.7. The average molecular weight is 407 g/mol. The molecule has 0 aromatic heterocycles. The van der Waals surface area contributed by atoms with E-state index >= 15 is 0 Å². The van der Waals surface area contributed by atoms with Crippen LogP contribution in [0.25, 0.3) is 22.3 Å². The smallest absolute Gasteiger partial charge is 0.328 e. The summed E-state index contributed by atoms with van der Waals surface area (Å²) < 4.78 is 0. The molecule has 1 heterocycles. The van der Waals surface area contributed by atoms with Gasteiger partial charge in [0.15, 0.2) is 0 Å². The van der Waals surface area contributed by atoms with E-state index in [-0.39, 0.29) is 6.85 Å². The predicted molar refractivity (Wildman–Crippen MR) is 137 cm³/mol. The van der Waals surface area contributed by atoms with Gasteiger partial charge in [-0.2, -0.15) is 0 Å². The van der Waals surface area contributed by atoms with E-state index in [4.69, 9.17) is 0 Å². The molecule has 0 amide bonds. The number of rotatable bonds is 3. The highest BCUT2D eigenvalue weighted by Gasteiger charge is 2.36. The first-order chi connectivity index (χ1) is 15.9. The lowest BCUT2D eigenvalue weighted by atomic mass is 9.45. The van der Waals surface area contributed by atoms with E-state index < -0.39 is 0 Å². The number of anilines is 2. The van der Waals surface area contributed by atoms with Crippen molar-refractivity contribution in [3.8, 4) is 22.3 Å². The average Bonchev–Trinajstić information content (AvgIpc) is 2.89. The normalized spacial score (nSPS) is 12.2. The molecule has 5 aromatic rings. The second-order valence-corrected chi connectivity index (χ2v) is 8.20. The summed E-state index contributed by atoms with van der Waals surface area (Å²) >= 11 is 0. The molecule has 0 fully saturated rings. The lowest BCUT2D eigenvalue weighted by Gasteiger charge is -2.39. The molecule has 0 spiro atoms. The standard InChI is InChI=1S/C30H22BN/c1-4-12-23(13-5-1)24-20-21-28-27-18-10-11-19-29(27)31(25-14-6-2-7-15-25)32(30(28)22-24)26-16-8-3-9-17-26/h1-22H. The summed E-state index contributed by atoms with van der Waals surface area (Å²) in [5.41, 5.74) is 10.1. The largest absolute Gasteiger partial charge is 0.376 e. The Morgan fingerprint density at radius 3 is 1.84 bits per heavy atom. The summed E-state index contributed by atoms with van der Waals surface area (Å²) in [6, 6.07) is 47.9. The Morgan fingerprint density at radius 1 is 0.469 bits per heavy atom. The summed E-state index contributed by atoms with van der Waals surface area (Å²) in [4.78, 5) is 2.50. The molecule has 5 aromatic carbocycles. The van der Waals surface area contributed by atoms with Crippen LogP contribution in [0.2, 0.25) is 0 Å². The van der Waals surface area contributed by atoms with Crippen LogP contribution >= 0.6 is 0 Å². The maximum Gasteiger partial charge on any atom is 0.328 e. The molecule has 0 saturated carbocycles. The molecule has 0 radical (unpaired) electrons. The van der Waals surface area contributed by atoms with Crippen LogP contribution in [-0.4, -0.2) is 6.85 Å². The van der Waals surface area contributed by atoms with E-state index in [1.165, 1.54) is 44.6 Å². The third-order valence-corrected chi connectivity index (χ3v) is 6.32. The third-order valence-electron chi connectivity index (χ3n) is 6.32. The van der Waals surface area contributed by atoms with Crippen LogP contribution < -0.4 is 15.7 Å². The van der Waals surface area contributed by atoms with Gasteiger partial charge in [-0.05, 0) is 40.4 Å². The van der Waals surface area contributed by atoms with Gasteiger partial charge in [-0.1, -0.05) is 121 Å². The quantitative estimate of drug-likeness (QED) is 0.318. The Balaban J connectivity index is 1.65. The van der Waals surface area contributed by atoms with E-state index in [9.17, 15) is 0 Å². The fourth-order valence-corrected chi connectivity index (χ4v) is 4.87. The van der Waals surface area contributed by atoms with Crippen molar-refractivity contribution in [2.24, 2.45) is 0 Å². The topological polar surface area (TPSA) is 3.24 Å². The third kappa shape index (κ3) is 3.12. The molecule has 0 aliphatic carbocycles. The minimum atomic E-state index is 0.105. The number of fused-ring (bicyclic) bond motifs is 3. The minimum absolute atomic E-state index is 0.105. The van der Waals surface area contributed by atoms with Gasteiger partial charge >= 0.3 is 6.85 Å². The molecule has 6 rings (SSSR count). The van der Waals surface area contributed by atoms with E-state index in [1.54, 1.807) is 0 Å².